The molecule has 0 spiro atoms. The Balaban J connectivity index is 2.09. The van der Waals surface area contributed by atoms with E-state index in [4.69, 9.17) is 17.4 Å². The predicted octanol–water partition coefficient (Wildman–Crippen LogP) is 0.956. The van der Waals surface area contributed by atoms with Crippen molar-refractivity contribution in [3.63, 3.8) is 0 Å². The molecule has 0 atom stereocenters. The molecular weight excluding hydrogens is 310 g/mol. The Morgan fingerprint density at radius 3 is 2.53 bits per heavy atom. The molecule has 2 heterocycles. The fraction of sp³-hybridized carbons (Fsp3) is 0.111. The minimum atomic E-state index is -3.65. The zero-order chi connectivity index (χ0) is 13.9. The lowest BCUT2D eigenvalue weighted by molar-refractivity contribution is 0.581. The third kappa shape index (κ3) is 3.61. The summed E-state index contributed by atoms with van der Waals surface area (Å²) in [5, 5.41) is 0. The molecule has 0 saturated carbocycles. The van der Waals surface area contributed by atoms with Crippen LogP contribution >= 0.6 is 22.9 Å². The average Bonchev–Trinajstić information content (AvgIpc) is 2.82. The molecule has 10 heteroatoms. The lowest BCUT2D eigenvalue weighted by Crippen LogP contribution is -2.23. The average molecular weight is 320 g/mol. The summed E-state index contributed by atoms with van der Waals surface area (Å²) in [5.74, 6) is 5.24. The van der Waals surface area contributed by atoms with E-state index in [1.807, 2.05) is 0 Å². The third-order valence-corrected chi connectivity index (χ3v) is 4.72. The molecule has 102 valence electrons. The van der Waals surface area contributed by atoms with Crippen molar-refractivity contribution in [3.8, 4) is 0 Å². The highest BCUT2D eigenvalue weighted by Gasteiger charge is 2.15. The minimum Gasteiger partial charge on any atom is -0.292 e. The second-order valence-corrected chi connectivity index (χ2v) is 6.98. The molecule has 7 nitrogen and oxygen atoms in total. The summed E-state index contributed by atoms with van der Waals surface area (Å²) < 4.78 is 26.9. The number of nitrogens with two attached hydrogens (primary N) is 1. The smallest absolute Gasteiger partial charge is 0.243 e. The van der Waals surface area contributed by atoms with Gasteiger partial charge in [0, 0.05) is 11.4 Å². The first-order valence-electron chi connectivity index (χ1n) is 5.04. The van der Waals surface area contributed by atoms with Gasteiger partial charge >= 0.3 is 0 Å². The monoisotopic (exact) mass is 319 g/mol. The van der Waals surface area contributed by atoms with Gasteiger partial charge < -0.3 is 0 Å². The summed E-state index contributed by atoms with van der Waals surface area (Å²) in [4.78, 5) is 8.26. The van der Waals surface area contributed by atoms with Crippen LogP contribution in [0.2, 0.25) is 4.34 Å². The number of sulfonamides is 1. The molecule has 0 saturated heterocycles. The van der Waals surface area contributed by atoms with Gasteiger partial charge in [0.15, 0.2) is 0 Å². The Bertz CT molecular complexity index is 656. The van der Waals surface area contributed by atoms with E-state index in [9.17, 15) is 8.42 Å². The van der Waals surface area contributed by atoms with Crippen molar-refractivity contribution in [3.05, 3.63) is 33.7 Å². The van der Waals surface area contributed by atoms with Crippen LogP contribution in [0.25, 0.3) is 0 Å². The Morgan fingerprint density at radius 2 is 2.00 bits per heavy atom. The van der Waals surface area contributed by atoms with Crippen molar-refractivity contribution < 1.29 is 8.42 Å². The van der Waals surface area contributed by atoms with E-state index in [1.54, 1.807) is 12.1 Å². The number of nitrogens with one attached hydrogen (secondary N) is 2. The summed E-state index contributed by atoms with van der Waals surface area (Å²) >= 11 is 7.07. The van der Waals surface area contributed by atoms with Crippen LogP contribution in [0, 0.1) is 0 Å². The summed E-state index contributed by atoms with van der Waals surface area (Å²) in [5.41, 5.74) is 2.22. The van der Waals surface area contributed by atoms with Crippen molar-refractivity contribution in [1.82, 2.24) is 14.7 Å². The Morgan fingerprint density at radius 1 is 1.32 bits per heavy atom. The number of hydrogen-bond acceptors (Lipinski definition) is 7. The van der Waals surface area contributed by atoms with E-state index in [-0.39, 0.29) is 17.4 Å². The minimum absolute atomic E-state index is 0.0332. The standard InChI is InChI=1S/C9H10ClN5O2S2/c10-8-2-1-6(18-8)3-14-19(16,17)7-4-12-9(15-11)13-5-7/h1-2,4-5,14H,3,11H2,(H,12,13,15). The van der Waals surface area contributed by atoms with Crippen molar-refractivity contribution in [2.45, 2.75) is 11.4 Å². The fourth-order valence-corrected chi connectivity index (χ4v) is 3.24. The number of nitrogen functional groups attached to an aromatic ring is 1. The number of hydrazine groups is 1. The number of thiophene rings is 1. The first-order chi connectivity index (χ1) is 9.01. The Kier molecular flexibility index (Phi) is 4.32. The van der Waals surface area contributed by atoms with Gasteiger partial charge in [0.2, 0.25) is 16.0 Å². The molecule has 0 radical (unpaired) electrons. The SMILES string of the molecule is NNc1ncc(S(=O)(=O)NCc2ccc(Cl)s2)cn1. The number of rotatable bonds is 5. The van der Waals surface area contributed by atoms with Crippen molar-refractivity contribution in [1.29, 1.82) is 0 Å². The predicted molar refractivity (Wildman–Crippen MR) is 73.2 cm³/mol. The lowest BCUT2D eigenvalue weighted by Gasteiger charge is -2.05. The molecule has 0 aromatic carbocycles. The van der Waals surface area contributed by atoms with Crippen LogP contribution in [-0.4, -0.2) is 18.4 Å². The van der Waals surface area contributed by atoms with Crippen molar-refractivity contribution in [2.24, 2.45) is 5.84 Å². The molecule has 2 aromatic rings. The van der Waals surface area contributed by atoms with E-state index in [2.05, 4.69) is 20.1 Å². The first-order valence-corrected chi connectivity index (χ1v) is 7.71. The van der Waals surface area contributed by atoms with Gasteiger partial charge in [-0.05, 0) is 12.1 Å². The normalized spacial score (nSPS) is 11.5. The molecule has 0 fully saturated rings. The molecule has 0 aliphatic carbocycles. The topological polar surface area (TPSA) is 110 Å². The maximum atomic E-state index is 11.9. The maximum absolute atomic E-state index is 11.9. The molecule has 0 aliphatic heterocycles. The van der Waals surface area contributed by atoms with E-state index < -0.39 is 10.0 Å². The van der Waals surface area contributed by atoms with Gasteiger partial charge in [0.25, 0.3) is 0 Å². The van der Waals surface area contributed by atoms with Crippen LogP contribution < -0.4 is 16.0 Å². The van der Waals surface area contributed by atoms with Crippen LogP contribution in [0.1, 0.15) is 4.88 Å². The molecule has 0 aliphatic rings. The van der Waals surface area contributed by atoms with Crippen LogP contribution in [0.5, 0.6) is 0 Å². The van der Waals surface area contributed by atoms with Gasteiger partial charge in [-0.3, -0.25) is 5.43 Å². The third-order valence-electron chi connectivity index (χ3n) is 2.13. The number of hydrogen-bond donors (Lipinski definition) is 3. The molecular formula is C9H10ClN5O2S2. The van der Waals surface area contributed by atoms with Crippen LogP contribution in [0.3, 0.4) is 0 Å². The highest BCUT2D eigenvalue weighted by atomic mass is 35.5. The largest absolute Gasteiger partial charge is 0.292 e. The summed E-state index contributed by atoms with van der Waals surface area (Å²) in [6.07, 6.45) is 2.35. The number of halogens is 1. The second kappa shape index (κ2) is 5.80. The zero-order valence-corrected chi connectivity index (χ0v) is 11.9. The number of anilines is 1. The molecule has 19 heavy (non-hydrogen) atoms. The highest BCUT2D eigenvalue weighted by Crippen LogP contribution is 2.21. The molecule has 4 N–H and O–H groups in total. The molecule has 0 unspecified atom stereocenters. The van der Waals surface area contributed by atoms with Gasteiger partial charge in [0.05, 0.1) is 16.7 Å². The van der Waals surface area contributed by atoms with E-state index in [1.165, 1.54) is 23.7 Å². The molecule has 0 bridgehead atoms. The van der Waals surface area contributed by atoms with Gasteiger partial charge in [-0.15, -0.1) is 11.3 Å². The van der Waals surface area contributed by atoms with Crippen molar-refractivity contribution in [2.75, 3.05) is 5.43 Å². The fourth-order valence-electron chi connectivity index (χ4n) is 1.23. The van der Waals surface area contributed by atoms with E-state index in [0.29, 0.717) is 4.34 Å². The first kappa shape index (κ1) is 14.2. The highest BCUT2D eigenvalue weighted by molar-refractivity contribution is 7.89. The van der Waals surface area contributed by atoms with Crippen LogP contribution in [-0.2, 0) is 16.6 Å². The van der Waals surface area contributed by atoms with Gasteiger partial charge in [-0.25, -0.2) is 29.0 Å². The number of aromatic nitrogens is 2. The quantitative estimate of drug-likeness (QED) is 0.559. The van der Waals surface area contributed by atoms with Gasteiger partial charge in [-0.2, -0.15) is 0 Å². The molecule has 0 amide bonds. The maximum Gasteiger partial charge on any atom is 0.243 e. The summed E-state index contributed by atoms with van der Waals surface area (Å²) in [6.45, 7) is 0.163. The van der Waals surface area contributed by atoms with Gasteiger partial charge in [0.1, 0.15) is 4.90 Å². The lowest BCUT2D eigenvalue weighted by atomic mass is 10.5. The van der Waals surface area contributed by atoms with Crippen molar-refractivity contribution >= 4 is 38.9 Å². The second-order valence-electron chi connectivity index (χ2n) is 3.42. The Hall–Kier alpha value is -1.26. The van der Waals surface area contributed by atoms with Gasteiger partial charge in [-0.1, -0.05) is 11.6 Å². The zero-order valence-electron chi connectivity index (χ0n) is 9.50. The van der Waals surface area contributed by atoms with Crippen LogP contribution in [0.15, 0.2) is 29.4 Å². The molecule has 2 aromatic heterocycles. The van der Waals surface area contributed by atoms with E-state index >= 15 is 0 Å². The summed E-state index contributed by atoms with van der Waals surface area (Å²) in [7, 11) is -3.65. The van der Waals surface area contributed by atoms with Crippen LogP contribution in [0.4, 0.5) is 5.95 Å². The summed E-state index contributed by atoms with van der Waals surface area (Å²) in [6, 6.07) is 3.47. The molecule has 2 rings (SSSR count). The Labute approximate surface area is 118 Å². The van der Waals surface area contributed by atoms with E-state index in [0.717, 1.165) is 4.88 Å². The number of nitrogens with zero attached hydrogens (tertiary/aromatic N) is 2.